The lowest BCUT2D eigenvalue weighted by Crippen LogP contribution is -2.24. The van der Waals surface area contributed by atoms with Crippen LogP contribution in [0.4, 0.5) is 0 Å². The van der Waals surface area contributed by atoms with Gasteiger partial charge in [0.1, 0.15) is 6.10 Å². The van der Waals surface area contributed by atoms with E-state index in [-0.39, 0.29) is 12.7 Å². The topological polar surface area (TPSA) is 49.7 Å². The minimum atomic E-state index is -0.444. The molecule has 0 aromatic heterocycles. The van der Waals surface area contributed by atoms with Crippen LogP contribution in [0.3, 0.4) is 0 Å². The number of rotatable bonds is 1. The van der Waals surface area contributed by atoms with Crippen molar-refractivity contribution in [3.63, 3.8) is 0 Å². The van der Waals surface area contributed by atoms with Gasteiger partial charge in [0.2, 0.25) is 0 Å². The van der Waals surface area contributed by atoms with E-state index in [0.29, 0.717) is 13.0 Å². The van der Waals surface area contributed by atoms with Crippen molar-refractivity contribution in [2.24, 2.45) is 0 Å². The Morgan fingerprint density at radius 1 is 1.62 bits per heavy atom. The summed E-state index contributed by atoms with van der Waals surface area (Å²) in [6, 6.07) is 0. The van der Waals surface area contributed by atoms with Crippen LogP contribution in [0.15, 0.2) is 0 Å². The lowest BCUT2D eigenvalue weighted by Gasteiger charge is -2.07. The van der Waals surface area contributed by atoms with Crippen molar-refractivity contribution in [1.29, 1.82) is 0 Å². The molecule has 1 aliphatic rings. The lowest BCUT2D eigenvalue weighted by atomic mass is 10.2. The number of aliphatic hydroxyl groups excluding tert-OH is 2. The first-order valence-corrected chi connectivity index (χ1v) is 2.75. The second-order valence-electron chi connectivity index (χ2n) is 1.95. The van der Waals surface area contributed by atoms with E-state index in [9.17, 15) is 0 Å². The van der Waals surface area contributed by atoms with Gasteiger partial charge < -0.3 is 14.9 Å². The average Bonchev–Trinajstić information content (AvgIpc) is 2.14. The molecule has 0 radical (unpaired) electrons. The van der Waals surface area contributed by atoms with Crippen LogP contribution in [0.2, 0.25) is 0 Å². The SMILES string of the molecule is OCC1OCC[C@H]1O. The van der Waals surface area contributed by atoms with Crippen molar-refractivity contribution in [3.8, 4) is 0 Å². The van der Waals surface area contributed by atoms with E-state index < -0.39 is 6.10 Å². The van der Waals surface area contributed by atoms with Crippen molar-refractivity contribution in [1.82, 2.24) is 0 Å². The predicted molar refractivity (Wildman–Crippen MR) is 27.4 cm³/mol. The minimum absolute atomic E-state index is 0.0683. The molecule has 2 N–H and O–H groups in total. The van der Waals surface area contributed by atoms with Gasteiger partial charge in [-0.25, -0.2) is 0 Å². The van der Waals surface area contributed by atoms with Crippen LogP contribution in [-0.2, 0) is 4.74 Å². The van der Waals surface area contributed by atoms with Crippen LogP contribution in [0.5, 0.6) is 0 Å². The van der Waals surface area contributed by atoms with Crippen molar-refractivity contribution >= 4 is 0 Å². The minimum Gasteiger partial charge on any atom is -0.394 e. The molecule has 0 aromatic rings. The Morgan fingerprint density at radius 2 is 2.38 bits per heavy atom. The van der Waals surface area contributed by atoms with Gasteiger partial charge in [-0.3, -0.25) is 0 Å². The zero-order chi connectivity index (χ0) is 5.98. The third-order valence-electron chi connectivity index (χ3n) is 1.35. The van der Waals surface area contributed by atoms with Gasteiger partial charge in [-0.15, -0.1) is 0 Å². The van der Waals surface area contributed by atoms with Crippen LogP contribution >= 0.6 is 0 Å². The summed E-state index contributed by atoms with van der Waals surface area (Å²) < 4.78 is 4.91. The second kappa shape index (κ2) is 2.44. The quantitative estimate of drug-likeness (QED) is 0.470. The maximum Gasteiger partial charge on any atom is 0.106 e. The third-order valence-corrected chi connectivity index (χ3v) is 1.35. The molecule has 3 heteroatoms. The zero-order valence-corrected chi connectivity index (χ0v) is 4.58. The predicted octanol–water partition coefficient (Wildman–Crippen LogP) is -0.872. The first-order valence-electron chi connectivity index (χ1n) is 2.75. The average molecular weight is 118 g/mol. The fraction of sp³-hybridized carbons (Fsp3) is 1.00. The van der Waals surface area contributed by atoms with Gasteiger partial charge in [0, 0.05) is 6.61 Å². The van der Waals surface area contributed by atoms with Crippen LogP contribution in [0.25, 0.3) is 0 Å². The molecule has 1 rings (SSSR count). The van der Waals surface area contributed by atoms with Crippen LogP contribution in [0, 0.1) is 0 Å². The molecule has 1 saturated heterocycles. The molecule has 3 nitrogen and oxygen atoms in total. The van der Waals surface area contributed by atoms with E-state index >= 15 is 0 Å². The molecule has 1 heterocycles. The Kier molecular flexibility index (Phi) is 1.83. The summed E-state index contributed by atoms with van der Waals surface area (Å²) in [7, 11) is 0. The summed E-state index contributed by atoms with van der Waals surface area (Å²) >= 11 is 0. The summed E-state index contributed by atoms with van der Waals surface area (Å²) in [6.07, 6.45) is -0.111. The molecule has 8 heavy (non-hydrogen) atoms. The van der Waals surface area contributed by atoms with E-state index in [1.165, 1.54) is 0 Å². The molecule has 1 unspecified atom stereocenters. The lowest BCUT2D eigenvalue weighted by molar-refractivity contribution is 0.00406. The molecule has 0 bridgehead atoms. The number of aliphatic hydroxyl groups is 2. The Balaban J connectivity index is 2.30. The molecule has 0 aromatic carbocycles. The molecule has 1 aliphatic heterocycles. The van der Waals surface area contributed by atoms with Gasteiger partial charge >= 0.3 is 0 Å². The molecule has 48 valence electrons. The molecule has 0 saturated carbocycles. The van der Waals surface area contributed by atoms with Gasteiger partial charge in [0.25, 0.3) is 0 Å². The highest BCUT2D eigenvalue weighted by atomic mass is 16.5. The second-order valence-corrected chi connectivity index (χ2v) is 1.95. The van der Waals surface area contributed by atoms with E-state index in [0.717, 1.165) is 0 Å². The monoisotopic (exact) mass is 118 g/mol. The zero-order valence-electron chi connectivity index (χ0n) is 4.58. The summed E-state index contributed by atoms with van der Waals surface area (Å²) in [6.45, 7) is 0.508. The van der Waals surface area contributed by atoms with Crippen molar-refractivity contribution in [2.45, 2.75) is 18.6 Å². The summed E-state index contributed by atoms with van der Waals surface area (Å²) in [4.78, 5) is 0. The Labute approximate surface area is 47.9 Å². The molecule has 0 aliphatic carbocycles. The van der Waals surface area contributed by atoms with E-state index in [4.69, 9.17) is 14.9 Å². The first kappa shape index (κ1) is 6.01. The molecule has 0 spiro atoms. The Hall–Kier alpha value is -0.120. The normalized spacial score (nSPS) is 38.2. The highest BCUT2D eigenvalue weighted by Gasteiger charge is 2.24. The van der Waals surface area contributed by atoms with Gasteiger partial charge in [-0.1, -0.05) is 0 Å². The van der Waals surface area contributed by atoms with Crippen LogP contribution < -0.4 is 0 Å². The van der Waals surface area contributed by atoms with Crippen molar-refractivity contribution < 1.29 is 14.9 Å². The first-order chi connectivity index (χ1) is 3.84. The van der Waals surface area contributed by atoms with Crippen molar-refractivity contribution in [2.75, 3.05) is 13.2 Å². The molecule has 2 atom stereocenters. The Morgan fingerprint density at radius 3 is 2.62 bits per heavy atom. The van der Waals surface area contributed by atoms with Gasteiger partial charge in [0.05, 0.1) is 12.7 Å². The Bertz CT molecular complexity index is 74.1. The smallest absolute Gasteiger partial charge is 0.106 e. The molecule has 0 amide bonds. The number of hydrogen-bond acceptors (Lipinski definition) is 3. The summed E-state index contributed by atoms with van der Waals surface area (Å²) in [5, 5.41) is 17.4. The summed E-state index contributed by atoms with van der Waals surface area (Å²) in [5.74, 6) is 0. The number of ether oxygens (including phenoxy) is 1. The largest absolute Gasteiger partial charge is 0.394 e. The molecular weight excluding hydrogens is 108 g/mol. The van der Waals surface area contributed by atoms with Crippen LogP contribution in [-0.4, -0.2) is 35.6 Å². The van der Waals surface area contributed by atoms with Crippen LogP contribution in [0.1, 0.15) is 6.42 Å². The molecular formula is C5H10O3. The maximum atomic E-state index is 8.90. The van der Waals surface area contributed by atoms with Gasteiger partial charge in [-0.05, 0) is 6.42 Å². The third kappa shape index (κ3) is 0.992. The van der Waals surface area contributed by atoms with Gasteiger partial charge in [-0.2, -0.15) is 0 Å². The number of hydrogen-bond donors (Lipinski definition) is 2. The van der Waals surface area contributed by atoms with E-state index in [2.05, 4.69) is 0 Å². The highest BCUT2D eigenvalue weighted by Crippen LogP contribution is 2.11. The fourth-order valence-corrected chi connectivity index (χ4v) is 0.812. The highest BCUT2D eigenvalue weighted by molar-refractivity contribution is 4.73. The fourth-order valence-electron chi connectivity index (χ4n) is 0.812. The van der Waals surface area contributed by atoms with Gasteiger partial charge in [0.15, 0.2) is 0 Å². The van der Waals surface area contributed by atoms with E-state index in [1.54, 1.807) is 0 Å². The summed E-state index contributed by atoms with van der Waals surface area (Å²) in [5.41, 5.74) is 0. The molecule has 1 fully saturated rings. The van der Waals surface area contributed by atoms with E-state index in [1.807, 2.05) is 0 Å². The standard InChI is InChI=1S/C5H10O3/c6-3-5-4(7)1-2-8-5/h4-7H,1-3H2/t4-,5?/m1/s1. The van der Waals surface area contributed by atoms with Crippen molar-refractivity contribution in [3.05, 3.63) is 0 Å². The maximum absolute atomic E-state index is 8.90.